The Kier molecular flexibility index (Phi) is 4.10. The highest BCUT2D eigenvalue weighted by Crippen LogP contribution is 2.38. The van der Waals surface area contributed by atoms with E-state index in [9.17, 15) is 4.79 Å². The maximum atomic E-state index is 9.65. The molecule has 1 saturated carbocycles. The van der Waals surface area contributed by atoms with Gasteiger partial charge in [0.2, 0.25) is 0 Å². The van der Waals surface area contributed by atoms with Crippen molar-refractivity contribution in [1.29, 1.82) is 0 Å². The predicted octanol–water partition coefficient (Wildman–Crippen LogP) is 0.363. The number of fused-ring (bicyclic) bond motifs is 2. The van der Waals surface area contributed by atoms with Crippen LogP contribution in [0.15, 0.2) is 12.2 Å². The number of aliphatic hydroxyl groups is 1. The van der Waals surface area contributed by atoms with E-state index in [1.54, 1.807) is 0 Å². The second-order valence-corrected chi connectivity index (χ2v) is 3.85. The predicted molar refractivity (Wildman–Crippen MR) is 52.7 cm³/mol. The van der Waals surface area contributed by atoms with Crippen molar-refractivity contribution in [2.75, 3.05) is 6.61 Å². The molecule has 2 aliphatic rings. The molecule has 3 atom stereocenters. The second kappa shape index (κ2) is 5.12. The molecule has 4 N–H and O–H groups in total. The molecule has 0 aliphatic heterocycles. The van der Waals surface area contributed by atoms with E-state index in [1.165, 1.54) is 19.3 Å². The van der Waals surface area contributed by atoms with Gasteiger partial charge in [-0.1, -0.05) is 12.2 Å². The summed E-state index contributed by atoms with van der Waals surface area (Å²) in [6.07, 6.45) is 9.19. The summed E-state index contributed by atoms with van der Waals surface area (Å²) in [6.45, 7) is -0.505. The molecule has 2 bridgehead atoms. The van der Waals surface area contributed by atoms with Crippen molar-refractivity contribution in [2.24, 2.45) is 17.6 Å². The molecule has 0 spiro atoms. The zero-order chi connectivity index (χ0) is 10.6. The molecule has 3 unspecified atom stereocenters. The van der Waals surface area contributed by atoms with E-state index in [-0.39, 0.29) is 0 Å². The molecule has 0 saturated heterocycles. The van der Waals surface area contributed by atoms with Crippen molar-refractivity contribution in [2.45, 2.75) is 25.3 Å². The minimum Gasteiger partial charge on any atom is -0.480 e. The van der Waals surface area contributed by atoms with Crippen LogP contribution in [-0.2, 0) is 4.79 Å². The van der Waals surface area contributed by atoms with Gasteiger partial charge in [0.05, 0.1) is 6.61 Å². The molecule has 2 rings (SSSR count). The molecule has 0 aromatic carbocycles. The zero-order valence-corrected chi connectivity index (χ0v) is 8.10. The molecule has 0 radical (unpaired) electrons. The highest BCUT2D eigenvalue weighted by molar-refractivity contribution is 5.73. The molecule has 14 heavy (non-hydrogen) atoms. The van der Waals surface area contributed by atoms with Gasteiger partial charge in [-0.15, -0.1) is 0 Å². The van der Waals surface area contributed by atoms with E-state index in [4.69, 9.17) is 15.9 Å². The smallest absolute Gasteiger partial charge is 0.322 e. The Bertz CT molecular complexity index is 215. The minimum atomic E-state index is -1.18. The first-order valence-corrected chi connectivity index (χ1v) is 4.91. The molecular weight excluding hydrogens is 182 g/mol. The molecule has 0 aromatic heterocycles. The van der Waals surface area contributed by atoms with E-state index >= 15 is 0 Å². The third-order valence-electron chi connectivity index (χ3n) is 2.68. The highest BCUT2D eigenvalue weighted by Gasteiger charge is 2.25. The molecule has 0 amide bonds. The fraction of sp³-hybridized carbons (Fsp3) is 0.700. The number of aliphatic hydroxyl groups excluding tert-OH is 1. The van der Waals surface area contributed by atoms with Gasteiger partial charge in [-0.3, -0.25) is 4.79 Å². The number of hydrogen-bond donors (Lipinski definition) is 3. The second-order valence-electron chi connectivity index (χ2n) is 3.85. The number of carboxylic acids is 1. The van der Waals surface area contributed by atoms with E-state index in [1.807, 2.05) is 0 Å². The van der Waals surface area contributed by atoms with E-state index < -0.39 is 18.6 Å². The number of allylic oxidation sites excluding steroid dienone is 2. The minimum absolute atomic E-state index is 0.505. The molecule has 1 fully saturated rings. The van der Waals surface area contributed by atoms with Crippen LogP contribution >= 0.6 is 0 Å². The standard InChI is InChI=1S/C7H10.C3H7NO3/c1-2-7-4-3-6(1)5-7;4-2(1-5)3(6)7/h1-2,6-7H,3-5H2;2,5H,1,4H2,(H,6,7). The summed E-state index contributed by atoms with van der Waals surface area (Å²) in [5.41, 5.74) is 4.77. The number of hydrogen-bond acceptors (Lipinski definition) is 3. The lowest BCUT2D eigenvalue weighted by atomic mass is 10.1. The Labute approximate surface area is 83.4 Å². The average Bonchev–Trinajstić information content (AvgIpc) is 2.80. The van der Waals surface area contributed by atoms with Crippen molar-refractivity contribution in [3.63, 3.8) is 0 Å². The van der Waals surface area contributed by atoms with Crippen molar-refractivity contribution in [1.82, 2.24) is 0 Å². The quantitative estimate of drug-likeness (QED) is 0.561. The molecule has 80 valence electrons. The summed E-state index contributed by atoms with van der Waals surface area (Å²) in [7, 11) is 0. The van der Waals surface area contributed by atoms with Crippen LogP contribution in [0.5, 0.6) is 0 Å². The number of aliphatic carboxylic acids is 1. The van der Waals surface area contributed by atoms with Gasteiger partial charge in [0.1, 0.15) is 6.04 Å². The lowest BCUT2D eigenvalue weighted by Crippen LogP contribution is -2.33. The van der Waals surface area contributed by atoms with Crippen LogP contribution in [0.25, 0.3) is 0 Å². The van der Waals surface area contributed by atoms with Crippen LogP contribution in [0.4, 0.5) is 0 Å². The largest absolute Gasteiger partial charge is 0.480 e. The Morgan fingerprint density at radius 2 is 1.93 bits per heavy atom. The lowest BCUT2D eigenvalue weighted by molar-refractivity contribution is -0.139. The van der Waals surface area contributed by atoms with Gasteiger partial charge >= 0.3 is 5.97 Å². The van der Waals surface area contributed by atoms with Gasteiger partial charge in [-0.25, -0.2) is 0 Å². The van der Waals surface area contributed by atoms with E-state index in [2.05, 4.69) is 12.2 Å². The van der Waals surface area contributed by atoms with Gasteiger partial charge in [0, 0.05) is 0 Å². The fourth-order valence-electron chi connectivity index (χ4n) is 1.79. The average molecular weight is 199 g/mol. The van der Waals surface area contributed by atoms with Gasteiger partial charge < -0.3 is 15.9 Å². The number of carboxylic acid groups (broad SMARTS) is 1. The van der Waals surface area contributed by atoms with Crippen LogP contribution in [-0.4, -0.2) is 28.8 Å². The normalized spacial score (nSPS) is 29.6. The Morgan fingerprint density at radius 1 is 1.43 bits per heavy atom. The molecule has 2 aliphatic carbocycles. The Balaban J connectivity index is 0.000000140. The zero-order valence-electron chi connectivity index (χ0n) is 8.10. The van der Waals surface area contributed by atoms with Crippen LogP contribution in [0.1, 0.15) is 19.3 Å². The number of rotatable bonds is 2. The molecule has 4 heteroatoms. The molecule has 4 nitrogen and oxygen atoms in total. The Hall–Kier alpha value is -0.870. The summed E-state index contributed by atoms with van der Waals surface area (Å²) >= 11 is 0. The first-order chi connectivity index (χ1) is 6.63. The lowest BCUT2D eigenvalue weighted by Gasteiger charge is -1.96. The maximum absolute atomic E-state index is 9.65. The van der Waals surface area contributed by atoms with Crippen LogP contribution < -0.4 is 5.73 Å². The third kappa shape index (κ3) is 3.12. The van der Waals surface area contributed by atoms with Crippen molar-refractivity contribution in [3.8, 4) is 0 Å². The van der Waals surface area contributed by atoms with Crippen LogP contribution in [0, 0.1) is 11.8 Å². The van der Waals surface area contributed by atoms with Crippen LogP contribution in [0.2, 0.25) is 0 Å². The highest BCUT2D eigenvalue weighted by atomic mass is 16.4. The van der Waals surface area contributed by atoms with Crippen molar-refractivity contribution in [3.05, 3.63) is 12.2 Å². The van der Waals surface area contributed by atoms with Gasteiger partial charge in [0.25, 0.3) is 0 Å². The van der Waals surface area contributed by atoms with Crippen molar-refractivity contribution >= 4 is 5.97 Å². The summed E-state index contributed by atoms with van der Waals surface area (Å²) in [4.78, 5) is 9.65. The first-order valence-electron chi connectivity index (χ1n) is 4.91. The SMILES string of the molecule is C1=CC2CCC1C2.NC(CO)C(=O)O. The number of nitrogens with two attached hydrogens (primary N) is 1. The van der Waals surface area contributed by atoms with E-state index in [0.717, 1.165) is 11.8 Å². The summed E-state index contributed by atoms with van der Waals surface area (Å²) in [5, 5.41) is 15.9. The van der Waals surface area contributed by atoms with Gasteiger partial charge in [-0.05, 0) is 31.1 Å². The molecule has 0 aromatic rings. The maximum Gasteiger partial charge on any atom is 0.322 e. The topological polar surface area (TPSA) is 83.5 Å². The fourth-order valence-corrected chi connectivity index (χ4v) is 1.79. The van der Waals surface area contributed by atoms with Gasteiger partial charge in [-0.2, -0.15) is 0 Å². The van der Waals surface area contributed by atoms with Crippen LogP contribution in [0.3, 0.4) is 0 Å². The third-order valence-corrected chi connectivity index (χ3v) is 2.68. The monoisotopic (exact) mass is 199 g/mol. The summed E-state index contributed by atoms with van der Waals surface area (Å²) in [5.74, 6) is 0.803. The Morgan fingerprint density at radius 3 is 2.00 bits per heavy atom. The molecule has 0 heterocycles. The van der Waals surface area contributed by atoms with Crippen molar-refractivity contribution < 1.29 is 15.0 Å². The summed E-state index contributed by atoms with van der Waals surface area (Å²) in [6, 6.07) is -1.13. The molecular formula is C10H17NO3. The van der Waals surface area contributed by atoms with Gasteiger partial charge in [0.15, 0.2) is 0 Å². The first kappa shape index (κ1) is 11.2. The summed E-state index contributed by atoms with van der Waals surface area (Å²) < 4.78 is 0. The number of carbonyl (C=O) groups is 1. The van der Waals surface area contributed by atoms with E-state index in [0.29, 0.717) is 0 Å².